The number of nitrogens with zero attached hydrogens (tertiary/aromatic N) is 1. The lowest BCUT2D eigenvalue weighted by molar-refractivity contribution is 0.468. The van der Waals surface area contributed by atoms with Crippen LogP contribution in [0.5, 0.6) is 0 Å². The minimum absolute atomic E-state index is 0.275. The average Bonchev–Trinajstić information content (AvgIpc) is 3.32. The van der Waals surface area contributed by atoms with Gasteiger partial charge in [-0.3, -0.25) is 0 Å². The summed E-state index contributed by atoms with van der Waals surface area (Å²) in [6.45, 7) is 2.64. The second kappa shape index (κ2) is 6.53. The van der Waals surface area contributed by atoms with Crippen LogP contribution in [-0.2, 0) is 13.0 Å². The smallest absolute Gasteiger partial charge is 0.112 e. The topological polar surface area (TPSA) is 78.8 Å². The first kappa shape index (κ1) is 17.1. The van der Waals surface area contributed by atoms with E-state index in [-0.39, 0.29) is 5.92 Å². The van der Waals surface area contributed by atoms with E-state index in [0.717, 1.165) is 41.3 Å². The molecule has 5 heteroatoms. The van der Waals surface area contributed by atoms with E-state index in [1.165, 1.54) is 11.1 Å². The van der Waals surface area contributed by atoms with Gasteiger partial charge in [0.05, 0.1) is 12.2 Å². The minimum Gasteiger partial charge on any atom is -0.379 e. The number of aromatic nitrogens is 2. The first-order chi connectivity index (χ1) is 13.6. The van der Waals surface area contributed by atoms with Crippen LogP contribution in [0, 0.1) is 6.92 Å². The first-order valence-electron chi connectivity index (χ1n) is 9.84. The Morgan fingerprint density at radius 1 is 1.21 bits per heavy atom. The zero-order valence-electron chi connectivity index (χ0n) is 16.0. The molecular weight excluding hydrogens is 346 g/mol. The Morgan fingerprint density at radius 2 is 2.11 bits per heavy atom. The molecule has 0 amide bonds. The summed E-state index contributed by atoms with van der Waals surface area (Å²) < 4.78 is 0. The van der Waals surface area contributed by atoms with E-state index in [1.807, 2.05) is 13.1 Å². The molecule has 2 heterocycles. The summed E-state index contributed by atoms with van der Waals surface area (Å²) in [5.74, 6) is 1.20. The fourth-order valence-electron chi connectivity index (χ4n) is 4.50. The van der Waals surface area contributed by atoms with E-state index in [4.69, 9.17) is 5.73 Å². The summed E-state index contributed by atoms with van der Waals surface area (Å²) in [6.07, 6.45) is 8.39. The number of hydrogen-bond acceptors (Lipinski definition) is 4. The molecule has 0 saturated carbocycles. The van der Waals surface area contributed by atoms with E-state index in [9.17, 15) is 0 Å². The van der Waals surface area contributed by atoms with Crippen LogP contribution in [0.3, 0.4) is 0 Å². The van der Waals surface area contributed by atoms with Crippen LogP contribution < -0.4 is 16.4 Å². The van der Waals surface area contributed by atoms with Gasteiger partial charge in [0.2, 0.25) is 0 Å². The van der Waals surface area contributed by atoms with Crippen molar-refractivity contribution in [3.8, 4) is 0 Å². The Bertz CT molecular complexity index is 1050. The number of H-pyrrole nitrogens is 1. The number of aromatic amines is 1. The Labute approximate surface area is 165 Å². The number of nitrogens with two attached hydrogens (primary N) is 1. The predicted molar refractivity (Wildman–Crippen MR) is 114 cm³/mol. The average molecular weight is 371 g/mol. The highest BCUT2D eigenvalue weighted by Gasteiger charge is 2.39. The normalized spacial score (nSPS) is 22.4. The monoisotopic (exact) mass is 371 g/mol. The molecule has 28 heavy (non-hydrogen) atoms. The fraction of sp³-hybridized carbons (Fsp3) is 0.261. The van der Waals surface area contributed by atoms with E-state index in [0.29, 0.717) is 6.54 Å². The van der Waals surface area contributed by atoms with Crippen LogP contribution in [0.25, 0.3) is 6.08 Å². The highest BCUT2D eigenvalue weighted by molar-refractivity contribution is 5.82. The maximum Gasteiger partial charge on any atom is 0.112 e. The van der Waals surface area contributed by atoms with Gasteiger partial charge in [-0.1, -0.05) is 36.4 Å². The molecule has 1 unspecified atom stereocenters. The van der Waals surface area contributed by atoms with Crippen LogP contribution in [0.4, 0.5) is 11.4 Å². The van der Waals surface area contributed by atoms with Crippen LogP contribution in [0.15, 0.2) is 54.7 Å². The fourth-order valence-corrected chi connectivity index (χ4v) is 4.50. The maximum atomic E-state index is 6.88. The summed E-state index contributed by atoms with van der Waals surface area (Å²) in [5, 5.41) is 7.13. The molecule has 2 atom stereocenters. The molecule has 5 N–H and O–H groups in total. The van der Waals surface area contributed by atoms with Gasteiger partial charge in [0.15, 0.2) is 0 Å². The number of aryl methyl sites for hydroxylation is 2. The molecule has 3 aromatic rings. The SMILES string of the molecule is Cc1nc(CNc2cccc3c2C=C[C@](N)(C2CCc4ccccc42)N3)c[nH]1. The second-order valence-corrected chi connectivity index (χ2v) is 7.78. The Morgan fingerprint density at radius 3 is 2.96 bits per heavy atom. The lowest BCUT2D eigenvalue weighted by Crippen LogP contribution is -2.51. The highest BCUT2D eigenvalue weighted by atomic mass is 15.1. The summed E-state index contributed by atoms with van der Waals surface area (Å²) in [7, 11) is 0. The molecule has 2 aromatic carbocycles. The van der Waals surface area contributed by atoms with Gasteiger partial charge >= 0.3 is 0 Å². The van der Waals surface area contributed by atoms with Gasteiger partial charge in [-0.25, -0.2) is 4.98 Å². The maximum absolute atomic E-state index is 6.88. The summed E-state index contributed by atoms with van der Waals surface area (Å²) in [6, 6.07) is 14.9. The number of fused-ring (bicyclic) bond motifs is 2. The molecule has 1 aromatic heterocycles. The molecular formula is C23H25N5. The molecule has 142 valence electrons. The van der Waals surface area contributed by atoms with Crippen LogP contribution >= 0.6 is 0 Å². The molecule has 0 fully saturated rings. The van der Waals surface area contributed by atoms with Gasteiger partial charge in [0.25, 0.3) is 0 Å². The number of nitrogens with one attached hydrogen (secondary N) is 3. The first-order valence-corrected chi connectivity index (χ1v) is 9.84. The quantitative estimate of drug-likeness (QED) is 0.555. The zero-order chi connectivity index (χ0) is 19.1. The molecule has 2 aliphatic rings. The molecule has 5 rings (SSSR count). The summed E-state index contributed by atoms with van der Waals surface area (Å²) in [5.41, 5.74) is 13.4. The minimum atomic E-state index is -0.572. The molecule has 1 aliphatic carbocycles. The third kappa shape index (κ3) is 2.88. The van der Waals surface area contributed by atoms with Crippen molar-refractivity contribution in [3.05, 3.63) is 82.9 Å². The van der Waals surface area contributed by atoms with Gasteiger partial charge in [0, 0.05) is 29.1 Å². The molecule has 0 bridgehead atoms. The van der Waals surface area contributed by atoms with Crippen LogP contribution in [-0.4, -0.2) is 15.6 Å². The van der Waals surface area contributed by atoms with Gasteiger partial charge in [0.1, 0.15) is 11.5 Å². The van der Waals surface area contributed by atoms with Crippen molar-refractivity contribution in [1.29, 1.82) is 0 Å². The van der Waals surface area contributed by atoms with E-state index < -0.39 is 5.66 Å². The second-order valence-electron chi connectivity index (χ2n) is 7.78. The number of benzene rings is 2. The standard InChI is InChI=1S/C23H25N5/c1-15-25-13-17(27-15)14-26-21-7-4-8-22-19(21)11-12-23(24,28-22)20-10-9-16-5-2-3-6-18(16)20/h2-8,11-13,20,26,28H,9-10,14,24H2,1H3,(H,25,27)/t20?,23-/m1/s1. The predicted octanol–water partition coefficient (Wildman–Crippen LogP) is 4.15. The number of anilines is 2. The number of hydrogen-bond donors (Lipinski definition) is 4. The van der Waals surface area contributed by atoms with Crippen molar-refractivity contribution in [1.82, 2.24) is 9.97 Å². The van der Waals surface area contributed by atoms with Crippen LogP contribution in [0.2, 0.25) is 0 Å². The van der Waals surface area contributed by atoms with Crippen molar-refractivity contribution >= 4 is 17.5 Å². The van der Waals surface area contributed by atoms with Gasteiger partial charge in [-0.05, 0) is 49.1 Å². The zero-order valence-corrected chi connectivity index (χ0v) is 16.0. The van der Waals surface area contributed by atoms with Crippen molar-refractivity contribution in [2.24, 2.45) is 5.73 Å². The van der Waals surface area contributed by atoms with Crippen LogP contribution in [0.1, 0.15) is 40.5 Å². The summed E-state index contributed by atoms with van der Waals surface area (Å²) in [4.78, 5) is 7.59. The lowest BCUT2D eigenvalue weighted by Gasteiger charge is -2.38. The largest absolute Gasteiger partial charge is 0.379 e. The Kier molecular flexibility index (Phi) is 3.98. The van der Waals surface area contributed by atoms with Crippen molar-refractivity contribution < 1.29 is 0 Å². The van der Waals surface area contributed by atoms with Crippen molar-refractivity contribution in [2.75, 3.05) is 10.6 Å². The lowest BCUT2D eigenvalue weighted by atomic mass is 9.84. The Hall–Kier alpha value is -3.05. The van der Waals surface area contributed by atoms with E-state index in [1.54, 1.807) is 0 Å². The van der Waals surface area contributed by atoms with Gasteiger partial charge in [-0.2, -0.15) is 0 Å². The van der Waals surface area contributed by atoms with Gasteiger partial charge < -0.3 is 21.4 Å². The third-order valence-electron chi connectivity index (χ3n) is 5.91. The molecule has 0 radical (unpaired) electrons. The summed E-state index contributed by atoms with van der Waals surface area (Å²) >= 11 is 0. The number of rotatable bonds is 4. The molecule has 1 aliphatic heterocycles. The molecule has 5 nitrogen and oxygen atoms in total. The number of imidazole rings is 1. The molecule has 0 saturated heterocycles. The Balaban J connectivity index is 1.40. The van der Waals surface area contributed by atoms with Gasteiger partial charge in [-0.15, -0.1) is 0 Å². The van der Waals surface area contributed by atoms with Crippen molar-refractivity contribution in [2.45, 2.75) is 37.9 Å². The highest BCUT2D eigenvalue weighted by Crippen LogP contribution is 2.43. The van der Waals surface area contributed by atoms with E-state index >= 15 is 0 Å². The molecule has 0 spiro atoms. The van der Waals surface area contributed by atoms with E-state index in [2.05, 4.69) is 75.2 Å². The third-order valence-corrected chi connectivity index (χ3v) is 5.91. The van der Waals surface area contributed by atoms with Crippen molar-refractivity contribution in [3.63, 3.8) is 0 Å².